The molecule has 3 aromatic rings. The molecule has 7 nitrogen and oxygen atoms in total. The predicted octanol–water partition coefficient (Wildman–Crippen LogP) is 2.31. The Labute approximate surface area is 175 Å². The van der Waals surface area contributed by atoms with E-state index in [9.17, 15) is 4.79 Å². The molecule has 0 radical (unpaired) electrons. The van der Waals surface area contributed by atoms with Crippen LogP contribution in [-0.4, -0.2) is 71.0 Å². The van der Waals surface area contributed by atoms with E-state index in [2.05, 4.69) is 16.1 Å². The Hall–Kier alpha value is -2.90. The lowest BCUT2D eigenvalue weighted by atomic mass is 10.0. The maximum atomic E-state index is 13.2. The normalized spacial score (nSPS) is 21.0. The molecule has 1 aromatic heterocycles. The zero-order valence-corrected chi connectivity index (χ0v) is 17.2. The Bertz CT molecular complexity index is 1060. The van der Waals surface area contributed by atoms with Crippen LogP contribution in [0.1, 0.15) is 15.9 Å². The fourth-order valence-electron chi connectivity index (χ4n) is 3.99. The number of nitrogens with zero attached hydrogens (tertiary/aromatic N) is 4. The summed E-state index contributed by atoms with van der Waals surface area (Å²) in [7, 11) is 1.93. The molecule has 156 valence electrons. The van der Waals surface area contributed by atoms with Gasteiger partial charge in [-0.25, -0.2) is 0 Å². The van der Waals surface area contributed by atoms with Crippen molar-refractivity contribution in [1.29, 1.82) is 0 Å². The standard InChI is InChI=1S/C23H26N4O3/c1-25-13-17(12-24-25)14-27-15-20(27)16-30-22-11-19-5-3-2-4-18(19)10-21(22)23(28)26-6-8-29-9-7-26/h2-5,10-13,20H,6-9,14-16H2,1H3. The van der Waals surface area contributed by atoms with Gasteiger partial charge in [-0.15, -0.1) is 0 Å². The van der Waals surface area contributed by atoms with Gasteiger partial charge in [0.1, 0.15) is 12.4 Å². The van der Waals surface area contributed by atoms with E-state index in [1.165, 1.54) is 5.56 Å². The summed E-state index contributed by atoms with van der Waals surface area (Å²) < 4.78 is 13.4. The quantitative estimate of drug-likeness (QED) is 0.588. The minimum absolute atomic E-state index is 0.0158. The molecule has 0 N–H and O–H groups in total. The number of hydrogen-bond donors (Lipinski definition) is 0. The summed E-state index contributed by atoms with van der Waals surface area (Å²) in [6.45, 7) is 4.84. The van der Waals surface area contributed by atoms with Crippen molar-refractivity contribution in [2.45, 2.75) is 12.6 Å². The van der Waals surface area contributed by atoms with E-state index in [0.717, 1.165) is 23.9 Å². The van der Waals surface area contributed by atoms with Crippen LogP contribution in [0.3, 0.4) is 0 Å². The van der Waals surface area contributed by atoms with E-state index in [1.54, 1.807) is 0 Å². The molecule has 2 fully saturated rings. The summed E-state index contributed by atoms with van der Waals surface area (Å²) >= 11 is 0. The molecule has 0 bridgehead atoms. The number of benzene rings is 2. The van der Waals surface area contributed by atoms with Crippen LogP contribution in [0.25, 0.3) is 10.8 Å². The molecule has 2 unspecified atom stereocenters. The molecule has 2 aliphatic heterocycles. The smallest absolute Gasteiger partial charge is 0.257 e. The van der Waals surface area contributed by atoms with Gasteiger partial charge in [-0.3, -0.25) is 14.4 Å². The van der Waals surface area contributed by atoms with Gasteiger partial charge in [0.05, 0.1) is 31.0 Å². The topological polar surface area (TPSA) is 59.6 Å². The summed E-state index contributed by atoms with van der Waals surface area (Å²) in [5, 5.41) is 6.35. The van der Waals surface area contributed by atoms with Crippen molar-refractivity contribution in [2.75, 3.05) is 39.5 Å². The van der Waals surface area contributed by atoms with Crippen molar-refractivity contribution >= 4 is 16.7 Å². The highest BCUT2D eigenvalue weighted by molar-refractivity contribution is 6.01. The molecular formula is C23H26N4O3. The number of aryl methyl sites for hydroxylation is 1. The number of amides is 1. The van der Waals surface area contributed by atoms with Gasteiger partial charge in [0, 0.05) is 45.0 Å². The Morgan fingerprint density at radius 2 is 1.97 bits per heavy atom. The number of rotatable bonds is 6. The van der Waals surface area contributed by atoms with Crippen molar-refractivity contribution in [3.05, 3.63) is 59.9 Å². The van der Waals surface area contributed by atoms with Crippen LogP contribution < -0.4 is 4.74 Å². The van der Waals surface area contributed by atoms with Crippen LogP contribution in [-0.2, 0) is 18.3 Å². The molecule has 0 aliphatic carbocycles. The summed E-state index contributed by atoms with van der Waals surface area (Å²) in [5.41, 5.74) is 1.84. The monoisotopic (exact) mass is 406 g/mol. The first-order valence-corrected chi connectivity index (χ1v) is 10.4. The molecule has 1 amide bonds. The highest BCUT2D eigenvalue weighted by Gasteiger charge is 2.35. The van der Waals surface area contributed by atoms with E-state index in [4.69, 9.17) is 9.47 Å². The number of fused-ring (bicyclic) bond motifs is 1. The van der Waals surface area contributed by atoms with Crippen molar-refractivity contribution in [1.82, 2.24) is 19.6 Å². The maximum Gasteiger partial charge on any atom is 0.257 e. The second kappa shape index (κ2) is 8.08. The number of morpholine rings is 1. The van der Waals surface area contributed by atoms with E-state index in [-0.39, 0.29) is 5.91 Å². The predicted molar refractivity (Wildman–Crippen MR) is 114 cm³/mol. The minimum Gasteiger partial charge on any atom is -0.491 e. The van der Waals surface area contributed by atoms with Crippen molar-refractivity contribution in [3.63, 3.8) is 0 Å². The van der Waals surface area contributed by atoms with Crippen molar-refractivity contribution in [3.8, 4) is 5.75 Å². The first kappa shape index (κ1) is 19.1. The fraction of sp³-hybridized carbons (Fsp3) is 0.391. The lowest BCUT2D eigenvalue weighted by molar-refractivity contribution is 0.0300. The molecule has 0 spiro atoms. The van der Waals surface area contributed by atoms with Crippen LogP contribution in [0.2, 0.25) is 0 Å². The lowest BCUT2D eigenvalue weighted by Gasteiger charge is -2.27. The molecule has 30 heavy (non-hydrogen) atoms. The maximum absolute atomic E-state index is 13.2. The van der Waals surface area contributed by atoms with E-state index < -0.39 is 0 Å². The molecule has 2 aromatic carbocycles. The number of carbonyl (C=O) groups is 1. The largest absolute Gasteiger partial charge is 0.491 e. The summed E-state index contributed by atoms with van der Waals surface area (Å²) in [4.78, 5) is 17.4. The molecule has 0 saturated carbocycles. The zero-order valence-electron chi connectivity index (χ0n) is 17.2. The lowest BCUT2D eigenvalue weighted by Crippen LogP contribution is -2.40. The zero-order chi connectivity index (χ0) is 20.5. The fourth-order valence-corrected chi connectivity index (χ4v) is 3.99. The van der Waals surface area contributed by atoms with Crippen LogP contribution in [0, 0.1) is 0 Å². The van der Waals surface area contributed by atoms with Gasteiger partial charge >= 0.3 is 0 Å². The summed E-state index contributed by atoms with van der Waals surface area (Å²) in [6.07, 6.45) is 3.94. The van der Waals surface area contributed by atoms with Crippen LogP contribution in [0.15, 0.2) is 48.8 Å². The highest BCUT2D eigenvalue weighted by Crippen LogP contribution is 2.29. The first-order chi connectivity index (χ1) is 14.7. The molecule has 3 heterocycles. The van der Waals surface area contributed by atoms with Gasteiger partial charge in [0.25, 0.3) is 5.91 Å². The number of carbonyl (C=O) groups excluding carboxylic acids is 1. The van der Waals surface area contributed by atoms with Gasteiger partial charge in [0.2, 0.25) is 0 Å². The molecule has 2 aliphatic rings. The number of aromatic nitrogens is 2. The van der Waals surface area contributed by atoms with Crippen molar-refractivity contribution in [2.24, 2.45) is 7.05 Å². The number of hydrogen-bond acceptors (Lipinski definition) is 5. The summed E-state index contributed by atoms with van der Waals surface area (Å²) in [5.74, 6) is 0.681. The van der Waals surface area contributed by atoms with Gasteiger partial charge < -0.3 is 14.4 Å². The van der Waals surface area contributed by atoms with E-state index in [0.29, 0.717) is 50.3 Å². The van der Waals surface area contributed by atoms with E-state index >= 15 is 0 Å². The first-order valence-electron chi connectivity index (χ1n) is 10.4. The molecule has 5 rings (SSSR count). The van der Waals surface area contributed by atoms with Crippen molar-refractivity contribution < 1.29 is 14.3 Å². The Morgan fingerprint density at radius 3 is 2.70 bits per heavy atom. The molecule has 7 heteroatoms. The average Bonchev–Trinajstić information content (AvgIpc) is 3.39. The summed E-state index contributed by atoms with van der Waals surface area (Å²) in [6, 6.07) is 12.4. The highest BCUT2D eigenvalue weighted by atomic mass is 16.5. The second-order valence-corrected chi connectivity index (χ2v) is 8.02. The minimum atomic E-state index is 0.0158. The number of ether oxygens (including phenoxy) is 2. The molecule has 2 atom stereocenters. The Kier molecular flexibility index (Phi) is 5.14. The second-order valence-electron chi connectivity index (χ2n) is 8.02. The Morgan fingerprint density at radius 1 is 1.20 bits per heavy atom. The average molecular weight is 406 g/mol. The molecule has 2 saturated heterocycles. The van der Waals surface area contributed by atoms with Crippen LogP contribution in [0.4, 0.5) is 0 Å². The van der Waals surface area contributed by atoms with E-state index in [1.807, 2.05) is 59.4 Å². The molecular weight excluding hydrogens is 380 g/mol. The SMILES string of the molecule is Cn1cc(CN2CC2COc2cc3ccccc3cc2C(=O)N2CCOCC2)cn1. The Balaban J connectivity index is 1.32. The van der Waals surface area contributed by atoms with Gasteiger partial charge in [0.15, 0.2) is 0 Å². The third-order valence-electron chi connectivity index (χ3n) is 5.78. The third-order valence-corrected chi connectivity index (χ3v) is 5.78. The van der Waals surface area contributed by atoms with Gasteiger partial charge in [-0.2, -0.15) is 5.10 Å². The van der Waals surface area contributed by atoms with Crippen LogP contribution in [0.5, 0.6) is 5.75 Å². The van der Waals surface area contributed by atoms with Crippen LogP contribution >= 0.6 is 0 Å². The third kappa shape index (κ3) is 4.04. The van der Waals surface area contributed by atoms with Gasteiger partial charge in [-0.1, -0.05) is 24.3 Å². The van der Waals surface area contributed by atoms with Gasteiger partial charge in [-0.05, 0) is 22.9 Å².